The number of pyridine rings is 1. The fraction of sp³-hybridized carbons (Fsp3) is 0.300. The molecule has 1 aromatic carbocycles. The van der Waals surface area contributed by atoms with E-state index in [1.165, 1.54) is 4.90 Å². The molecule has 3 heterocycles. The van der Waals surface area contributed by atoms with Gasteiger partial charge in [-0.1, -0.05) is 28.9 Å². The van der Waals surface area contributed by atoms with Gasteiger partial charge in [0, 0.05) is 11.8 Å². The normalized spacial score (nSPS) is 13.5. The number of ether oxygens (including phenoxy) is 2. The van der Waals surface area contributed by atoms with Gasteiger partial charge in [-0.2, -0.15) is 4.98 Å². The second-order valence-corrected chi connectivity index (χ2v) is 7.35. The second-order valence-electron chi connectivity index (χ2n) is 6.95. The van der Waals surface area contributed by atoms with Crippen LogP contribution in [0.2, 0.25) is 5.02 Å². The van der Waals surface area contributed by atoms with E-state index >= 15 is 0 Å². The zero-order valence-corrected chi connectivity index (χ0v) is 17.1. The van der Waals surface area contributed by atoms with E-state index in [1.54, 1.807) is 24.4 Å². The predicted molar refractivity (Wildman–Crippen MR) is 108 cm³/mol. The van der Waals surface area contributed by atoms with Crippen LogP contribution in [0.15, 0.2) is 35.0 Å². The molecule has 9 nitrogen and oxygen atoms in total. The van der Waals surface area contributed by atoms with Gasteiger partial charge in [0.1, 0.15) is 17.4 Å². The first-order valence-corrected chi connectivity index (χ1v) is 9.69. The van der Waals surface area contributed by atoms with Gasteiger partial charge in [-0.15, -0.1) is 0 Å². The molecule has 4 rings (SSSR count). The first-order chi connectivity index (χ1) is 14.4. The Labute approximate surface area is 177 Å². The molecule has 30 heavy (non-hydrogen) atoms. The number of fused-ring (bicyclic) bond motifs is 1. The van der Waals surface area contributed by atoms with Crippen molar-refractivity contribution in [1.82, 2.24) is 20.0 Å². The number of halogens is 1. The number of para-hydroxylation sites is 1. The van der Waals surface area contributed by atoms with Crippen molar-refractivity contribution in [2.24, 2.45) is 0 Å². The molecule has 156 valence electrons. The second kappa shape index (κ2) is 8.19. The fourth-order valence-electron chi connectivity index (χ4n) is 3.06. The van der Waals surface area contributed by atoms with E-state index in [9.17, 15) is 9.90 Å². The van der Waals surface area contributed by atoms with Gasteiger partial charge in [0.25, 0.3) is 5.89 Å². The summed E-state index contributed by atoms with van der Waals surface area (Å²) in [6.45, 7) is 4.50. The molecule has 2 aromatic heterocycles. The Bertz CT molecular complexity index is 1080. The minimum Gasteiger partial charge on any atom is -0.491 e. The van der Waals surface area contributed by atoms with E-state index < -0.39 is 6.09 Å². The van der Waals surface area contributed by atoms with Crippen LogP contribution in [0.1, 0.15) is 19.4 Å². The van der Waals surface area contributed by atoms with E-state index in [-0.39, 0.29) is 31.7 Å². The maximum atomic E-state index is 11.3. The van der Waals surface area contributed by atoms with Crippen LogP contribution in [0.5, 0.6) is 11.6 Å². The van der Waals surface area contributed by atoms with Crippen molar-refractivity contribution in [3.8, 4) is 34.5 Å². The molecule has 3 aromatic rings. The quantitative estimate of drug-likeness (QED) is 0.658. The number of carbonyl (C=O) groups is 1. The third-order valence-corrected chi connectivity index (χ3v) is 4.68. The van der Waals surface area contributed by atoms with E-state index in [2.05, 4.69) is 15.1 Å². The fourth-order valence-corrected chi connectivity index (χ4v) is 3.28. The Morgan fingerprint density at radius 1 is 1.37 bits per heavy atom. The highest BCUT2D eigenvalue weighted by atomic mass is 35.5. The Kier molecular flexibility index (Phi) is 5.45. The van der Waals surface area contributed by atoms with Crippen LogP contribution in [-0.2, 0) is 6.54 Å². The smallest absolute Gasteiger partial charge is 0.407 e. The van der Waals surface area contributed by atoms with Crippen molar-refractivity contribution in [2.75, 3.05) is 13.2 Å². The Hall–Kier alpha value is -3.33. The lowest BCUT2D eigenvalue weighted by atomic mass is 10.1. The maximum Gasteiger partial charge on any atom is 0.407 e. The third kappa shape index (κ3) is 4.02. The zero-order chi connectivity index (χ0) is 21.3. The Balaban J connectivity index is 1.65. The molecule has 1 aliphatic rings. The summed E-state index contributed by atoms with van der Waals surface area (Å²) in [4.78, 5) is 21.3. The molecule has 0 atom stereocenters. The number of amides is 1. The summed E-state index contributed by atoms with van der Waals surface area (Å²) in [5.41, 5.74) is 1.90. The molecule has 0 bridgehead atoms. The van der Waals surface area contributed by atoms with Crippen LogP contribution in [0.25, 0.3) is 22.8 Å². The van der Waals surface area contributed by atoms with Crippen molar-refractivity contribution in [1.29, 1.82) is 0 Å². The van der Waals surface area contributed by atoms with Crippen molar-refractivity contribution in [3.63, 3.8) is 0 Å². The van der Waals surface area contributed by atoms with E-state index in [0.717, 1.165) is 5.56 Å². The van der Waals surface area contributed by atoms with Crippen molar-refractivity contribution >= 4 is 17.7 Å². The molecule has 1 amide bonds. The average Bonchev–Trinajstić information content (AvgIpc) is 3.08. The summed E-state index contributed by atoms with van der Waals surface area (Å²) in [6, 6.07) is 7.07. The lowest BCUT2D eigenvalue weighted by molar-refractivity contribution is 0.138. The van der Waals surface area contributed by atoms with Gasteiger partial charge in [-0.25, -0.2) is 9.78 Å². The molecule has 0 saturated carbocycles. The number of carboxylic acid groups (broad SMARTS) is 1. The zero-order valence-electron chi connectivity index (χ0n) is 16.3. The van der Waals surface area contributed by atoms with Gasteiger partial charge in [-0.3, -0.25) is 0 Å². The average molecular weight is 431 g/mol. The van der Waals surface area contributed by atoms with Gasteiger partial charge in [0.2, 0.25) is 11.7 Å². The Morgan fingerprint density at radius 3 is 2.93 bits per heavy atom. The molecule has 10 heteroatoms. The number of nitrogens with zero attached hydrogens (tertiary/aromatic N) is 4. The summed E-state index contributed by atoms with van der Waals surface area (Å²) < 4.78 is 16.8. The number of rotatable bonds is 4. The van der Waals surface area contributed by atoms with Gasteiger partial charge in [0.15, 0.2) is 0 Å². The van der Waals surface area contributed by atoms with Crippen molar-refractivity contribution < 1.29 is 23.9 Å². The first kappa shape index (κ1) is 20.0. The maximum absolute atomic E-state index is 11.3. The lowest BCUT2D eigenvalue weighted by Gasteiger charge is -2.15. The number of hydrogen-bond donors (Lipinski definition) is 1. The van der Waals surface area contributed by atoms with Crippen molar-refractivity contribution in [3.05, 3.63) is 41.0 Å². The summed E-state index contributed by atoms with van der Waals surface area (Å²) in [5.74, 6) is 1.45. The molecule has 1 N–H and O–H groups in total. The summed E-state index contributed by atoms with van der Waals surface area (Å²) in [6.07, 6.45) is 0.502. The van der Waals surface area contributed by atoms with Crippen LogP contribution in [0, 0.1) is 0 Å². The standard InChI is InChI=1S/C20H19ClN4O5/c1-11(2)29-19-15(21)8-13(9-22-19)18-23-17(24-30-18)14-5-3-4-12-10-25(20(26)27)6-7-28-16(12)14/h3-5,8-9,11H,6-7,10H2,1-2H3,(H,26,27). The van der Waals surface area contributed by atoms with E-state index in [4.69, 9.17) is 25.6 Å². The lowest BCUT2D eigenvalue weighted by Crippen LogP contribution is -2.30. The summed E-state index contributed by atoms with van der Waals surface area (Å²) in [5, 5.41) is 13.7. The number of aromatic nitrogens is 3. The van der Waals surface area contributed by atoms with E-state index in [0.29, 0.717) is 33.6 Å². The minimum atomic E-state index is -0.993. The predicted octanol–water partition coefficient (Wildman–Crippen LogP) is 4.11. The molecular formula is C20H19ClN4O5. The molecule has 0 spiro atoms. The van der Waals surface area contributed by atoms with E-state index in [1.807, 2.05) is 19.9 Å². The molecule has 1 aliphatic heterocycles. The van der Waals surface area contributed by atoms with Gasteiger partial charge < -0.3 is 24.0 Å². The third-order valence-electron chi connectivity index (χ3n) is 4.40. The number of benzene rings is 1. The molecular weight excluding hydrogens is 412 g/mol. The topological polar surface area (TPSA) is 111 Å². The highest BCUT2D eigenvalue weighted by molar-refractivity contribution is 6.32. The number of hydrogen-bond acceptors (Lipinski definition) is 7. The van der Waals surface area contributed by atoms with Crippen LogP contribution in [0.3, 0.4) is 0 Å². The van der Waals surface area contributed by atoms with Crippen LogP contribution >= 0.6 is 11.6 Å². The van der Waals surface area contributed by atoms with Crippen LogP contribution in [-0.4, -0.2) is 50.5 Å². The molecule has 0 fully saturated rings. The van der Waals surface area contributed by atoms with Crippen molar-refractivity contribution in [2.45, 2.75) is 26.5 Å². The molecule has 0 radical (unpaired) electrons. The Morgan fingerprint density at radius 2 is 2.20 bits per heavy atom. The van der Waals surface area contributed by atoms with Crippen LogP contribution in [0.4, 0.5) is 4.79 Å². The summed E-state index contributed by atoms with van der Waals surface area (Å²) in [7, 11) is 0. The first-order valence-electron chi connectivity index (χ1n) is 9.31. The minimum absolute atomic E-state index is 0.0544. The largest absolute Gasteiger partial charge is 0.491 e. The molecule has 0 unspecified atom stereocenters. The van der Waals surface area contributed by atoms with Gasteiger partial charge >= 0.3 is 6.09 Å². The van der Waals surface area contributed by atoms with Gasteiger partial charge in [-0.05, 0) is 26.0 Å². The monoisotopic (exact) mass is 430 g/mol. The highest BCUT2D eigenvalue weighted by Crippen LogP contribution is 2.35. The van der Waals surface area contributed by atoms with Gasteiger partial charge in [0.05, 0.1) is 30.3 Å². The SMILES string of the molecule is CC(C)Oc1ncc(-c2nc(-c3cccc4c3OCCN(C(=O)O)C4)no2)cc1Cl. The van der Waals surface area contributed by atoms with Crippen LogP contribution < -0.4 is 9.47 Å². The molecule has 0 aliphatic carbocycles. The molecule has 0 saturated heterocycles. The highest BCUT2D eigenvalue weighted by Gasteiger charge is 2.24. The summed E-state index contributed by atoms with van der Waals surface area (Å²) >= 11 is 6.25.